The number of amides is 1. The molecule has 1 heterocycles. The maximum absolute atomic E-state index is 13.7. The zero-order chi connectivity index (χ0) is 24.7. The first-order valence-electron chi connectivity index (χ1n) is 13.2. The van der Waals surface area contributed by atoms with E-state index < -0.39 is 0 Å². The Bertz CT molecular complexity index is 1190. The van der Waals surface area contributed by atoms with E-state index in [0.717, 1.165) is 42.0 Å². The third-order valence-electron chi connectivity index (χ3n) is 7.37. The van der Waals surface area contributed by atoms with Crippen molar-refractivity contribution in [2.24, 2.45) is 4.99 Å². The Morgan fingerprint density at radius 2 is 1.67 bits per heavy atom. The number of amidine groups is 1. The van der Waals surface area contributed by atoms with Gasteiger partial charge in [0.15, 0.2) is 5.17 Å². The Balaban J connectivity index is 1.40. The molecule has 3 aliphatic rings. The van der Waals surface area contributed by atoms with Crippen molar-refractivity contribution in [3.05, 3.63) is 70.1 Å². The van der Waals surface area contributed by atoms with Crippen LogP contribution in [0.15, 0.2) is 58.4 Å². The molecule has 0 atom stereocenters. The van der Waals surface area contributed by atoms with E-state index in [4.69, 9.17) is 9.73 Å². The van der Waals surface area contributed by atoms with Crippen LogP contribution in [-0.4, -0.2) is 28.1 Å². The molecule has 36 heavy (non-hydrogen) atoms. The number of ether oxygens (including phenoxy) is 1. The van der Waals surface area contributed by atoms with Crippen molar-refractivity contribution in [2.45, 2.75) is 82.9 Å². The fourth-order valence-electron chi connectivity index (χ4n) is 5.39. The minimum atomic E-state index is 0.0751. The Labute approximate surface area is 218 Å². The van der Waals surface area contributed by atoms with Crippen LogP contribution >= 0.6 is 11.8 Å². The highest BCUT2D eigenvalue weighted by atomic mass is 32.2. The standard InChI is InChI=1S/C30H33N3O2S/c31-20-23-12-7-8-13-24(23)21-35-27-18-10-9-11-22(27)19-28-29(34)33(26-16-5-2-6-17-26)30(36-28)32-25-14-3-1-4-15-25/h7-13,18-19,25-26H,1-6,14-17,21H2. The van der Waals surface area contributed by atoms with Crippen LogP contribution in [0.25, 0.3) is 6.08 Å². The van der Waals surface area contributed by atoms with Gasteiger partial charge in [-0.15, -0.1) is 0 Å². The molecule has 0 bridgehead atoms. The monoisotopic (exact) mass is 499 g/mol. The lowest BCUT2D eigenvalue weighted by atomic mass is 9.94. The predicted octanol–water partition coefficient (Wildman–Crippen LogP) is 7.07. The average molecular weight is 500 g/mol. The van der Waals surface area contributed by atoms with Gasteiger partial charge in [0, 0.05) is 17.2 Å². The maximum Gasteiger partial charge on any atom is 0.267 e. The summed E-state index contributed by atoms with van der Waals surface area (Å²) in [4.78, 5) is 21.6. The van der Waals surface area contributed by atoms with Crippen LogP contribution in [0.5, 0.6) is 5.75 Å². The molecule has 0 aromatic heterocycles. The van der Waals surface area contributed by atoms with Gasteiger partial charge in [-0.25, -0.2) is 0 Å². The number of aliphatic imine (C=N–C) groups is 1. The van der Waals surface area contributed by atoms with Crippen LogP contribution in [-0.2, 0) is 11.4 Å². The second-order valence-electron chi connectivity index (χ2n) is 9.88. The van der Waals surface area contributed by atoms with Gasteiger partial charge in [-0.1, -0.05) is 74.9 Å². The van der Waals surface area contributed by atoms with E-state index in [-0.39, 0.29) is 11.9 Å². The lowest BCUT2D eigenvalue weighted by Crippen LogP contribution is -2.41. The lowest BCUT2D eigenvalue weighted by molar-refractivity contribution is -0.124. The third kappa shape index (κ3) is 5.68. The molecular formula is C30H33N3O2S. The van der Waals surface area contributed by atoms with Crippen LogP contribution in [0.1, 0.15) is 80.9 Å². The summed E-state index contributed by atoms with van der Waals surface area (Å²) in [5.41, 5.74) is 2.33. The first-order chi connectivity index (χ1) is 17.7. The largest absolute Gasteiger partial charge is 0.488 e. The molecule has 3 fully saturated rings. The summed E-state index contributed by atoms with van der Waals surface area (Å²) in [5, 5.41) is 10.3. The number of rotatable bonds is 6. The van der Waals surface area contributed by atoms with Crippen LogP contribution in [0.4, 0.5) is 0 Å². The van der Waals surface area contributed by atoms with E-state index in [9.17, 15) is 10.1 Å². The van der Waals surface area contributed by atoms with Crippen molar-refractivity contribution in [2.75, 3.05) is 0 Å². The summed E-state index contributed by atoms with van der Waals surface area (Å²) in [6, 6.07) is 18.1. The molecule has 1 saturated heterocycles. The Morgan fingerprint density at radius 1 is 0.972 bits per heavy atom. The van der Waals surface area contributed by atoms with Crippen LogP contribution in [0.2, 0.25) is 0 Å². The van der Waals surface area contributed by atoms with Gasteiger partial charge in [-0.2, -0.15) is 5.26 Å². The first-order valence-corrected chi connectivity index (χ1v) is 14.1. The molecule has 0 unspecified atom stereocenters. The van der Waals surface area contributed by atoms with Gasteiger partial charge in [0.1, 0.15) is 12.4 Å². The van der Waals surface area contributed by atoms with Gasteiger partial charge in [-0.3, -0.25) is 14.7 Å². The highest BCUT2D eigenvalue weighted by Gasteiger charge is 2.39. The molecule has 6 heteroatoms. The highest BCUT2D eigenvalue weighted by Crippen LogP contribution is 2.39. The van der Waals surface area contributed by atoms with Gasteiger partial charge in [0.05, 0.1) is 22.6 Å². The second kappa shape index (κ2) is 11.8. The first kappa shape index (κ1) is 24.6. The molecule has 1 amide bonds. The predicted molar refractivity (Wildman–Crippen MR) is 146 cm³/mol. The Hall–Kier alpha value is -3.04. The summed E-state index contributed by atoms with van der Waals surface area (Å²) in [6.07, 6.45) is 13.7. The molecule has 5 rings (SSSR count). The van der Waals surface area contributed by atoms with Gasteiger partial charge in [-0.05, 0) is 55.7 Å². The van der Waals surface area contributed by atoms with Crippen molar-refractivity contribution in [3.8, 4) is 11.8 Å². The fraction of sp³-hybridized carbons (Fsp3) is 0.433. The quantitative estimate of drug-likeness (QED) is 0.399. The van der Waals surface area contributed by atoms with E-state index in [1.165, 1.54) is 50.3 Å². The number of hydrogen-bond donors (Lipinski definition) is 0. The van der Waals surface area contributed by atoms with Crippen LogP contribution in [0.3, 0.4) is 0 Å². The number of benzene rings is 2. The van der Waals surface area contributed by atoms with Crippen LogP contribution < -0.4 is 4.74 Å². The lowest BCUT2D eigenvalue weighted by Gasteiger charge is -2.31. The molecule has 0 radical (unpaired) electrons. The fourth-order valence-corrected chi connectivity index (χ4v) is 6.49. The molecule has 2 aromatic rings. The molecule has 186 valence electrons. The zero-order valence-corrected chi connectivity index (χ0v) is 21.5. The second-order valence-corrected chi connectivity index (χ2v) is 10.9. The minimum Gasteiger partial charge on any atom is -0.488 e. The Kier molecular flexibility index (Phi) is 8.08. The molecule has 5 nitrogen and oxygen atoms in total. The average Bonchev–Trinajstić information content (AvgIpc) is 3.23. The molecule has 0 spiro atoms. The number of para-hydroxylation sites is 1. The zero-order valence-electron chi connectivity index (χ0n) is 20.7. The Morgan fingerprint density at radius 3 is 2.44 bits per heavy atom. The minimum absolute atomic E-state index is 0.0751. The normalized spacial score (nSPS) is 21.8. The molecule has 2 saturated carbocycles. The summed E-state index contributed by atoms with van der Waals surface area (Å²) in [6.45, 7) is 0.299. The molecular weight excluding hydrogens is 466 g/mol. The van der Waals surface area contributed by atoms with Crippen molar-refractivity contribution in [1.82, 2.24) is 4.90 Å². The number of nitrogens with zero attached hydrogens (tertiary/aromatic N) is 3. The van der Waals surface area contributed by atoms with Crippen molar-refractivity contribution in [3.63, 3.8) is 0 Å². The summed E-state index contributed by atoms with van der Waals surface area (Å²) >= 11 is 1.53. The van der Waals surface area contributed by atoms with E-state index in [0.29, 0.717) is 28.9 Å². The van der Waals surface area contributed by atoms with E-state index in [1.54, 1.807) is 6.07 Å². The van der Waals surface area contributed by atoms with Crippen LogP contribution in [0, 0.1) is 11.3 Å². The number of carbonyl (C=O) groups is 1. The van der Waals surface area contributed by atoms with Crippen molar-refractivity contribution < 1.29 is 9.53 Å². The number of thioether (sulfide) groups is 1. The highest BCUT2D eigenvalue weighted by molar-refractivity contribution is 8.18. The molecule has 1 aliphatic heterocycles. The van der Waals surface area contributed by atoms with Crippen molar-refractivity contribution >= 4 is 28.9 Å². The molecule has 0 N–H and O–H groups in total. The molecule has 2 aliphatic carbocycles. The van der Waals surface area contributed by atoms with Gasteiger partial charge in [0.25, 0.3) is 5.91 Å². The summed E-state index contributed by atoms with van der Waals surface area (Å²) in [7, 11) is 0. The summed E-state index contributed by atoms with van der Waals surface area (Å²) < 4.78 is 6.14. The number of hydrogen-bond acceptors (Lipinski definition) is 5. The van der Waals surface area contributed by atoms with E-state index >= 15 is 0 Å². The SMILES string of the molecule is N#Cc1ccccc1COc1ccccc1C=C1SC(=NC2CCCCC2)N(C2CCCCC2)C1=O. The summed E-state index contributed by atoms with van der Waals surface area (Å²) in [5.74, 6) is 0.777. The maximum atomic E-state index is 13.7. The van der Waals surface area contributed by atoms with E-state index in [1.807, 2.05) is 53.4 Å². The van der Waals surface area contributed by atoms with Crippen molar-refractivity contribution in [1.29, 1.82) is 5.26 Å². The van der Waals surface area contributed by atoms with Gasteiger partial charge in [0.2, 0.25) is 0 Å². The number of nitriles is 1. The van der Waals surface area contributed by atoms with Gasteiger partial charge < -0.3 is 4.74 Å². The number of carbonyl (C=O) groups excluding carboxylic acids is 1. The van der Waals surface area contributed by atoms with E-state index in [2.05, 4.69) is 6.07 Å². The van der Waals surface area contributed by atoms with Gasteiger partial charge >= 0.3 is 0 Å². The third-order valence-corrected chi connectivity index (χ3v) is 8.37. The smallest absolute Gasteiger partial charge is 0.267 e. The molecule has 2 aromatic carbocycles. The topological polar surface area (TPSA) is 65.7 Å².